The second-order valence-corrected chi connectivity index (χ2v) is 6.16. The third-order valence-corrected chi connectivity index (χ3v) is 4.16. The maximum absolute atomic E-state index is 12.6. The van der Waals surface area contributed by atoms with E-state index in [1.807, 2.05) is 13.8 Å². The number of aliphatic hydroxyl groups is 1. The van der Waals surface area contributed by atoms with Crippen molar-refractivity contribution in [2.24, 2.45) is 5.41 Å². The van der Waals surface area contributed by atoms with Gasteiger partial charge in [-0.05, 0) is 46.6 Å². The van der Waals surface area contributed by atoms with E-state index in [4.69, 9.17) is 0 Å². The summed E-state index contributed by atoms with van der Waals surface area (Å²) in [4.78, 5) is 12.6. The van der Waals surface area contributed by atoms with Crippen LogP contribution in [0.4, 0.5) is 0 Å². The summed E-state index contributed by atoms with van der Waals surface area (Å²) in [6, 6.07) is 0. The highest BCUT2D eigenvalue weighted by Crippen LogP contribution is 2.32. The van der Waals surface area contributed by atoms with E-state index in [-0.39, 0.29) is 11.3 Å². The van der Waals surface area contributed by atoms with Crippen molar-refractivity contribution in [1.29, 1.82) is 0 Å². The zero-order chi connectivity index (χ0) is 13.8. The van der Waals surface area contributed by atoms with Crippen LogP contribution in [0, 0.1) is 5.41 Å². The van der Waals surface area contributed by atoms with Crippen LogP contribution >= 0.6 is 0 Å². The molecule has 0 saturated carbocycles. The molecule has 2 atom stereocenters. The highest BCUT2D eigenvalue weighted by molar-refractivity contribution is 5.83. The molecule has 0 aromatic heterocycles. The Hall–Kier alpha value is -0.610. The molecule has 1 amide bonds. The lowest BCUT2D eigenvalue weighted by Crippen LogP contribution is -2.58. The number of hydrogen-bond acceptors (Lipinski definition) is 3. The highest BCUT2D eigenvalue weighted by atomic mass is 16.3. The molecule has 0 aliphatic carbocycles. The van der Waals surface area contributed by atoms with E-state index >= 15 is 0 Å². The summed E-state index contributed by atoms with van der Waals surface area (Å²) >= 11 is 0. The minimum Gasteiger partial charge on any atom is -0.391 e. The van der Waals surface area contributed by atoms with Crippen molar-refractivity contribution in [1.82, 2.24) is 10.6 Å². The molecule has 0 aromatic carbocycles. The number of carbonyl (C=O) groups is 1. The minimum absolute atomic E-state index is 0.0856. The Balaban J connectivity index is 2.77. The fourth-order valence-electron chi connectivity index (χ4n) is 2.50. The van der Waals surface area contributed by atoms with Gasteiger partial charge in [0.1, 0.15) is 0 Å². The smallest absolute Gasteiger partial charge is 0.228 e. The van der Waals surface area contributed by atoms with Crippen LogP contribution in [0.5, 0.6) is 0 Å². The predicted molar refractivity (Wildman–Crippen MR) is 73.3 cm³/mol. The van der Waals surface area contributed by atoms with Gasteiger partial charge in [-0.1, -0.05) is 13.3 Å². The van der Waals surface area contributed by atoms with Crippen LogP contribution in [-0.2, 0) is 4.79 Å². The van der Waals surface area contributed by atoms with Crippen molar-refractivity contribution in [3.8, 4) is 0 Å². The lowest BCUT2D eigenvalue weighted by molar-refractivity contribution is -0.135. The zero-order valence-electron chi connectivity index (χ0n) is 12.2. The van der Waals surface area contributed by atoms with Crippen LogP contribution in [0.2, 0.25) is 0 Å². The van der Waals surface area contributed by atoms with E-state index < -0.39 is 11.6 Å². The molecular formula is C14H28N2O2. The summed E-state index contributed by atoms with van der Waals surface area (Å²) in [5.74, 6) is 0.0856. The number of nitrogens with one attached hydrogen (secondary N) is 2. The van der Waals surface area contributed by atoms with Gasteiger partial charge in [-0.3, -0.25) is 4.79 Å². The number of carbonyl (C=O) groups excluding carboxylic acids is 1. The molecule has 18 heavy (non-hydrogen) atoms. The lowest BCUT2D eigenvalue weighted by atomic mass is 9.75. The topological polar surface area (TPSA) is 61.4 Å². The standard InChI is InChI=1S/C14H28N2O2/c1-5-7-14(8-6-9-15-10-14)12(18)16-13(3,4)11(2)17/h11,15,17H,5-10H2,1-4H3,(H,16,18). The molecule has 1 rings (SSSR count). The molecule has 0 bridgehead atoms. The number of piperidine rings is 1. The average Bonchev–Trinajstić information content (AvgIpc) is 2.29. The first-order chi connectivity index (χ1) is 8.34. The quantitative estimate of drug-likeness (QED) is 0.697. The molecule has 1 heterocycles. The van der Waals surface area contributed by atoms with E-state index in [0.29, 0.717) is 0 Å². The summed E-state index contributed by atoms with van der Waals surface area (Å²) in [5.41, 5.74) is -0.867. The van der Waals surface area contributed by atoms with Crippen molar-refractivity contribution in [2.75, 3.05) is 13.1 Å². The predicted octanol–water partition coefficient (Wildman–Crippen LogP) is 1.43. The van der Waals surface area contributed by atoms with Gasteiger partial charge in [0, 0.05) is 6.54 Å². The molecule has 1 aliphatic rings. The second kappa shape index (κ2) is 6.02. The molecule has 1 saturated heterocycles. The normalized spacial score (nSPS) is 26.7. The molecule has 3 N–H and O–H groups in total. The number of hydrogen-bond donors (Lipinski definition) is 3. The SMILES string of the molecule is CCCC1(C(=O)NC(C)(C)C(C)O)CCCNC1. The maximum Gasteiger partial charge on any atom is 0.228 e. The van der Waals surface area contributed by atoms with Gasteiger partial charge in [-0.15, -0.1) is 0 Å². The molecule has 0 aromatic rings. The Morgan fingerprint density at radius 1 is 1.56 bits per heavy atom. The Bertz CT molecular complexity index is 276. The molecule has 4 heteroatoms. The van der Waals surface area contributed by atoms with Crippen molar-refractivity contribution in [2.45, 2.75) is 65.0 Å². The molecule has 1 fully saturated rings. The maximum atomic E-state index is 12.6. The largest absolute Gasteiger partial charge is 0.391 e. The Morgan fingerprint density at radius 2 is 2.22 bits per heavy atom. The fraction of sp³-hybridized carbons (Fsp3) is 0.929. The van der Waals surface area contributed by atoms with Gasteiger partial charge in [-0.2, -0.15) is 0 Å². The Labute approximate surface area is 111 Å². The van der Waals surface area contributed by atoms with Crippen LogP contribution in [0.15, 0.2) is 0 Å². The average molecular weight is 256 g/mol. The highest BCUT2D eigenvalue weighted by Gasteiger charge is 2.41. The second-order valence-electron chi connectivity index (χ2n) is 6.16. The summed E-state index contributed by atoms with van der Waals surface area (Å²) < 4.78 is 0. The van der Waals surface area contributed by atoms with Crippen LogP contribution in [-0.4, -0.2) is 35.7 Å². The molecular weight excluding hydrogens is 228 g/mol. The summed E-state index contributed by atoms with van der Waals surface area (Å²) in [5, 5.41) is 16.1. The van der Waals surface area contributed by atoms with Gasteiger partial charge in [0.05, 0.1) is 17.1 Å². The molecule has 4 nitrogen and oxygen atoms in total. The molecule has 0 spiro atoms. The van der Waals surface area contributed by atoms with Crippen LogP contribution in [0.3, 0.4) is 0 Å². The first-order valence-corrected chi connectivity index (χ1v) is 7.05. The molecule has 1 aliphatic heterocycles. The van der Waals surface area contributed by atoms with E-state index in [1.54, 1.807) is 6.92 Å². The van der Waals surface area contributed by atoms with Gasteiger partial charge >= 0.3 is 0 Å². The van der Waals surface area contributed by atoms with Gasteiger partial charge < -0.3 is 15.7 Å². The summed E-state index contributed by atoms with van der Waals surface area (Å²) in [7, 11) is 0. The Morgan fingerprint density at radius 3 is 2.67 bits per heavy atom. The molecule has 106 valence electrons. The van der Waals surface area contributed by atoms with Crippen molar-refractivity contribution < 1.29 is 9.90 Å². The van der Waals surface area contributed by atoms with Crippen molar-refractivity contribution in [3.05, 3.63) is 0 Å². The van der Waals surface area contributed by atoms with E-state index in [1.165, 1.54) is 0 Å². The summed E-state index contributed by atoms with van der Waals surface area (Å²) in [6.45, 7) is 9.31. The number of aliphatic hydroxyl groups excluding tert-OH is 1. The van der Waals surface area contributed by atoms with E-state index in [9.17, 15) is 9.90 Å². The fourth-order valence-corrected chi connectivity index (χ4v) is 2.50. The van der Waals surface area contributed by atoms with Gasteiger partial charge in [0.25, 0.3) is 0 Å². The number of rotatable bonds is 5. The third-order valence-electron chi connectivity index (χ3n) is 4.16. The monoisotopic (exact) mass is 256 g/mol. The third kappa shape index (κ3) is 3.45. The van der Waals surface area contributed by atoms with Crippen LogP contribution < -0.4 is 10.6 Å². The molecule has 0 radical (unpaired) electrons. The minimum atomic E-state index is -0.574. The van der Waals surface area contributed by atoms with Gasteiger partial charge in [0.15, 0.2) is 0 Å². The first kappa shape index (κ1) is 15.4. The lowest BCUT2D eigenvalue weighted by Gasteiger charge is -2.40. The summed E-state index contributed by atoms with van der Waals surface area (Å²) in [6.07, 6.45) is 3.33. The number of amides is 1. The van der Waals surface area contributed by atoms with Crippen LogP contribution in [0.25, 0.3) is 0 Å². The zero-order valence-corrected chi connectivity index (χ0v) is 12.2. The molecule has 2 unspecified atom stereocenters. The Kier molecular flexibility index (Phi) is 5.17. The van der Waals surface area contributed by atoms with E-state index in [0.717, 1.165) is 38.8 Å². The first-order valence-electron chi connectivity index (χ1n) is 7.05. The van der Waals surface area contributed by atoms with E-state index in [2.05, 4.69) is 17.6 Å². The van der Waals surface area contributed by atoms with Crippen molar-refractivity contribution >= 4 is 5.91 Å². The van der Waals surface area contributed by atoms with Gasteiger partial charge in [0.2, 0.25) is 5.91 Å². The van der Waals surface area contributed by atoms with Gasteiger partial charge in [-0.25, -0.2) is 0 Å². The van der Waals surface area contributed by atoms with Crippen molar-refractivity contribution in [3.63, 3.8) is 0 Å². The van der Waals surface area contributed by atoms with Crippen LogP contribution in [0.1, 0.15) is 53.4 Å².